The fourth-order valence-corrected chi connectivity index (χ4v) is 3.36. The zero-order chi connectivity index (χ0) is 11.4. The van der Waals surface area contributed by atoms with E-state index in [1.54, 1.807) is 14.2 Å². The van der Waals surface area contributed by atoms with Crippen LogP contribution in [0.25, 0.3) is 0 Å². The van der Waals surface area contributed by atoms with Gasteiger partial charge in [0, 0.05) is 33.3 Å². The number of ether oxygens (including phenoxy) is 1. The van der Waals surface area contributed by atoms with Crippen LogP contribution in [0.4, 0.5) is 0 Å². The van der Waals surface area contributed by atoms with Crippen molar-refractivity contribution in [1.29, 1.82) is 0 Å². The first-order valence-corrected chi connectivity index (χ1v) is 7.13. The minimum absolute atomic E-state index is 0.401. The van der Waals surface area contributed by atoms with Crippen LogP contribution < -0.4 is 0 Å². The van der Waals surface area contributed by atoms with E-state index in [1.165, 1.54) is 0 Å². The van der Waals surface area contributed by atoms with E-state index in [9.17, 15) is 5.11 Å². The Hall–Kier alpha value is 0.0169. The van der Waals surface area contributed by atoms with Crippen molar-refractivity contribution in [2.45, 2.75) is 31.6 Å². The number of hydrogen-bond acceptors (Lipinski definition) is 5. The maximum absolute atomic E-state index is 9.43. The highest BCUT2D eigenvalue weighted by molar-refractivity contribution is 6.60. The van der Waals surface area contributed by atoms with Crippen LogP contribution >= 0.6 is 0 Å². The van der Waals surface area contributed by atoms with Gasteiger partial charge in [-0.05, 0) is 0 Å². The highest BCUT2D eigenvalue weighted by atomic mass is 28.4. The quantitative estimate of drug-likeness (QED) is 0.498. The van der Waals surface area contributed by atoms with Crippen molar-refractivity contribution >= 4 is 8.80 Å². The summed E-state index contributed by atoms with van der Waals surface area (Å²) in [4.78, 5) is 0. The van der Waals surface area contributed by atoms with Gasteiger partial charge < -0.3 is 23.1 Å². The van der Waals surface area contributed by atoms with Crippen molar-refractivity contribution in [1.82, 2.24) is 0 Å². The lowest BCUT2D eigenvalue weighted by Crippen LogP contribution is -2.44. The summed E-state index contributed by atoms with van der Waals surface area (Å²) >= 11 is 0. The topological polar surface area (TPSA) is 60.5 Å². The van der Waals surface area contributed by atoms with Crippen molar-refractivity contribution in [3.8, 4) is 0 Å². The predicted octanol–water partition coefficient (Wildman–Crippen LogP) is 0.754. The van der Waals surface area contributed by atoms with E-state index >= 15 is 0 Å². The molecular formula is C9H20O5Si. The Bertz CT molecular complexity index is 191. The van der Waals surface area contributed by atoms with Gasteiger partial charge in [-0.1, -0.05) is 13.3 Å². The van der Waals surface area contributed by atoms with E-state index in [2.05, 4.69) is 6.92 Å². The number of hydrogen-bond donors (Lipinski definition) is 1. The second-order valence-electron chi connectivity index (χ2n) is 3.67. The van der Waals surface area contributed by atoms with Crippen LogP contribution in [-0.2, 0) is 18.0 Å². The average Bonchev–Trinajstić information content (AvgIpc) is 2.95. The van der Waals surface area contributed by atoms with E-state index in [-0.39, 0.29) is 0 Å². The van der Waals surface area contributed by atoms with E-state index < -0.39 is 14.6 Å². The van der Waals surface area contributed by atoms with Gasteiger partial charge in [0.25, 0.3) is 0 Å². The predicted molar refractivity (Wildman–Crippen MR) is 56.3 cm³/mol. The second kappa shape index (κ2) is 5.38. The van der Waals surface area contributed by atoms with Crippen molar-refractivity contribution in [2.75, 3.05) is 27.4 Å². The standard InChI is InChI=1S/C9H20O5Si/c1-4-7-15(11-2,12-3)14-6-5-9(10)8-13-9/h10H,4-8H2,1-3H3. The molecule has 1 rings (SSSR count). The lowest BCUT2D eigenvalue weighted by Gasteiger charge is -2.26. The third kappa shape index (κ3) is 3.82. The Morgan fingerprint density at radius 2 is 2.00 bits per heavy atom. The van der Waals surface area contributed by atoms with Crippen LogP contribution in [0.3, 0.4) is 0 Å². The molecule has 0 aromatic carbocycles. The van der Waals surface area contributed by atoms with Crippen LogP contribution in [0.2, 0.25) is 6.04 Å². The zero-order valence-corrected chi connectivity index (χ0v) is 10.6. The highest BCUT2D eigenvalue weighted by Gasteiger charge is 2.44. The van der Waals surface area contributed by atoms with Crippen LogP contribution in [0.5, 0.6) is 0 Å². The van der Waals surface area contributed by atoms with Crippen LogP contribution in [0.15, 0.2) is 0 Å². The van der Waals surface area contributed by atoms with Gasteiger partial charge >= 0.3 is 8.80 Å². The van der Waals surface area contributed by atoms with Gasteiger partial charge in [-0.15, -0.1) is 0 Å². The lowest BCUT2D eigenvalue weighted by atomic mass is 10.3. The van der Waals surface area contributed by atoms with Gasteiger partial charge in [-0.3, -0.25) is 0 Å². The molecule has 15 heavy (non-hydrogen) atoms. The molecule has 90 valence electrons. The summed E-state index contributed by atoms with van der Waals surface area (Å²) < 4.78 is 21.2. The summed E-state index contributed by atoms with van der Waals surface area (Å²) in [6.07, 6.45) is 1.42. The fraction of sp³-hybridized carbons (Fsp3) is 1.00. The molecule has 1 aliphatic rings. The second-order valence-corrected chi connectivity index (χ2v) is 6.65. The summed E-state index contributed by atoms with van der Waals surface area (Å²) in [5, 5.41) is 9.43. The van der Waals surface area contributed by atoms with Crippen LogP contribution in [-0.4, -0.2) is 47.1 Å². The molecule has 0 radical (unpaired) electrons. The molecule has 1 unspecified atom stereocenters. The maximum atomic E-state index is 9.43. The normalized spacial score (nSPS) is 25.6. The van der Waals surface area contributed by atoms with Crippen molar-refractivity contribution in [2.24, 2.45) is 0 Å². The minimum Gasteiger partial charge on any atom is -0.377 e. The molecule has 1 atom stereocenters. The van der Waals surface area contributed by atoms with E-state index in [1.807, 2.05) is 0 Å². The first-order valence-electron chi connectivity index (χ1n) is 5.20. The smallest absolute Gasteiger partial charge is 0.377 e. The van der Waals surface area contributed by atoms with Gasteiger partial charge in [0.15, 0.2) is 5.79 Å². The van der Waals surface area contributed by atoms with Gasteiger partial charge in [-0.2, -0.15) is 0 Å². The summed E-state index contributed by atoms with van der Waals surface area (Å²) in [5.74, 6) is -0.951. The van der Waals surface area contributed by atoms with Crippen molar-refractivity contribution in [3.63, 3.8) is 0 Å². The van der Waals surface area contributed by atoms with Gasteiger partial charge in [0.2, 0.25) is 0 Å². The molecule has 1 saturated heterocycles. The first-order chi connectivity index (χ1) is 7.10. The van der Waals surface area contributed by atoms with Gasteiger partial charge in [0.1, 0.15) is 6.61 Å². The molecule has 0 aromatic heterocycles. The van der Waals surface area contributed by atoms with Crippen molar-refractivity contribution in [3.05, 3.63) is 0 Å². The average molecular weight is 236 g/mol. The molecule has 0 aliphatic carbocycles. The molecule has 0 saturated carbocycles. The summed E-state index contributed by atoms with van der Waals surface area (Å²) in [7, 11) is 0.728. The van der Waals surface area contributed by atoms with E-state index in [4.69, 9.17) is 18.0 Å². The Morgan fingerprint density at radius 3 is 2.40 bits per heavy atom. The fourth-order valence-electron chi connectivity index (χ4n) is 1.38. The summed E-state index contributed by atoms with van der Waals surface area (Å²) in [5.41, 5.74) is 0. The molecule has 0 amide bonds. The molecule has 5 nitrogen and oxygen atoms in total. The van der Waals surface area contributed by atoms with Crippen LogP contribution in [0, 0.1) is 0 Å². The monoisotopic (exact) mass is 236 g/mol. The van der Waals surface area contributed by atoms with Crippen LogP contribution in [0.1, 0.15) is 19.8 Å². The van der Waals surface area contributed by atoms with Gasteiger partial charge in [-0.25, -0.2) is 0 Å². The van der Waals surface area contributed by atoms with E-state index in [0.29, 0.717) is 19.6 Å². The Kier molecular flexibility index (Phi) is 4.69. The molecule has 1 aliphatic heterocycles. The highest BCUT2D eigenvalue weighted by Crippen LogP contribution is 2.27. The lowest BCUT2D eigenvalue weighted by molar-refractivity contribution is 0.00518. The molecule has 1 N–H and O–H groups in total. The van der Waals surface area contributed by atoms with E-state index in [0.717, 1.165) is 12.5 Å². The van der Waals surface area contributed by atoms with Crippen molar-refractivity contribution < 1.29 is 23.1 Å². The Balaban J connectivity index is 2.29. The molecule has 1 heterocycles. The molecule has 0 bridgehead atoms. The largest absolute Gasteiger partial charge is 0.500 e. The minimum atomic E-state index is -2.48. The molecule has 0 spiro atoms. The Labute approximate surface area is 91.7 Å². The van der Waals surface area contributed by atoms with Gasteiger partial charge in [0.05, 0.1) is 0 Å². The molecule has 1 fully saturated rings. The first kappa shape index (κ1) is 13.1. The number of epoxide rings is 1. The molecule has 6 heteroatoms. The molecular weight excluding hydrogens is 216 g/mol. The Morgan fingerprint density at radius 1 is 1.40 bits per heavy atom. The third-order valence-corrected chi connectivity index (χ3v) is 5.47. The summed E-state index contributed by atoms with van der Waals surface area (Å²) in [6, 6.07) is 0.791. The summed E-state index contributed by atoms with van der Waals surface area (Å²) in [6.45, 7) is 2.86. The SMILES string of the molecule is CCC[Si](OC)(OC)OCCC1(O)CO1. The maximum Gasteiger partial charge on any atom is 0.500 e. The third-order valence-electron chi connectivity index (χ3n) is 2.47. The molecule has 0 aromatic rings. The number of aliphatic hydroxyl groups is 1. The zero-order valence-electron chi connectivity index (χ0n) is 9.62. The number of rotatable bonds is 8.